The van der Waals surface area contributed by atoms with Crippen LogP contribution in [-0.2, 0) is 12.3 Å². The summed E-state index contributed by atoms with van der Waals surface area (Å²) in [4.78, 5) is 0. The molecule has 0 spiro atoms. The third kappa shape index (κ3) is 2.83. The fourth-order valence-electron chi connectivity index (χ4n) is 0.774. The van der Waals surface area contributed by atoms with Gasteiger partial charge in [0, 0.05) is 0 Å². The maximum atomic E-state index is 5.32. The molecule has 1 aromatic heterocycles. The highest BCUT2D eigenvalue weighted by molar-refractivity contribution is 7.97. The molecule has 12 heavy (non-hydrogen) atoms. The van der Waals surface area contributed by atoms with Crippen molar-refractivity contribution < 1.29 is 4.42 Å². The van der Waals surface area contributed by atoms with E-state index in [1.54, 1.807) is 11.8 Å². The molecule has 0 radical (unpaired) electrons. The summed E-state index contributed by atoms with van der Waals surface area (Å²) < 4.78 is 5.32. The van der Waals surface area contributed by atoms with Crippen LogP contribution in [0.15, 0.2) is 4.42 Å². The number of nitrogens with one attached hydrogen (secondary N) is 1. The van der Waals surface area contributed by atoms with Crippen molar-refractivity contribution in [2.24, 2.45) is 0 Å². The molecule has 0 aliphatic heterocycles. The molecule has 4 nitrogen and oxygen atoms in total. The summed E-state index contributed by atoms with van der Waals surface area (Å²) in [6, 6.07) is 0. The topological polar surface area (TPSA) is 51.0 Å². The Labute approximate surface area is 76.1 Å². The summed E-state index contributed by atoms with van der Waals surface area (Å²) in [5.74, 6) is 2.16. The summed E-state index contributed by atoms with van der Waals surface area (Å²) in [5.41, 5.74) is 0. The fraction of sp³-hybridized carbons (Fsp3) is 0.714. The zero-order valence-electron chi connectivity index (χ0n) is 7.33. The normalized spacial score (nSPS) is 10.5. The zero-order chi connectivity index (χ0) is 8.81. The van der Waals surface area contributed by atoms with Crippen molar-refractivity contribution in [2.75, 3.05) is 12.8 Å². The summed E-state index contributed by atoms with van der Waals surface area (Å²) in [6.07, 6.45) is 2.01. The molecule has 0 aliphatic rings. The molecule has 0 aromatic carbocycles. The van der Waals surface area contributed by atoms with Gasteiger partial charge in [0.05, 0.1) is 12.3 Å². The van der Waals surface area contributed by atoms with Gasteiger partial charge in [-0.3, -0.25) is 0 Å². The SMILES string of the molecule is CCNCc1nnc(CSC)o1. The lowest BCUT2D eigenvalue weighted by Gasteiger charge is -1.93. The van der Waals surface area contributed by atoms with Gasteiger partial charge in [0.25, 0.3) is 0 Å². The van der Waals surface area contributed by atoms with Crippen molar-refractivity contribution in [3.05, 3.63) is 11.8 Å². The summed E-state index contributed by atoms with van der Waals surface area (Å²) >= 11 is 1.68. The predicted molar refractivity (Wildman–Crippen MR) is 48.9 cm³/mol. The third-order valence-electron chi connectivity index (χ3n) is 1.30. The lowest BCUT2D eigenvalue weighted by Crippen LogP contribution is -2.11. The van der Waals surface area contributed by atoms with Crippen LogP contribution < -0.4 is 5.32 Å². The molecular weight excluding hydrogens is 174 g/mol. The molecule has 1 N–H and O–H groups in total. The Kier molecular flexibility index (Phi) is 4.10. The largest absolute Gasteiger partial charge is 0.423 e. The number of nitrogens with zero attached hydrogens (tertiary/aromatic N) is 2. The van der Waals surface area contributed by atoms with Gasteiger partial charge in [-0.05, 0) is 12.8 Å². The Morgan fingerprint density at radius 3 is 2.83 bits per heavy atom. The van der Waals surface area contributed by atoms with Crippen LogP contribution in [0.5, 0.6) is 0 Å². The molecule has 5 heteroatoms. The Bertz CT molecular complexity index is 226. The van der Waals surface area contributed by atoms with Gasteiger partial charge >= 0.3 is 0 Å². The molecule has 0 saturated carbocycles. The van der Waals surface area contributed by atoms with Crippen LogP contribution >= 0.6 is 11.8 Å². The van der Waals surface area contributed by atoms with Gasteiger partial charge in [-0.2, -0.15) is 11.8 Å². The molecule has 0 amide bonds. The predicted octanol–water partition coefficient (Wildman–Crippen LogP) is 1.04. The lowest BCUT2D eigenvalue weighted by atomic mass is 10.6. The van der Waals surface area contributed by atoms with Crippen LogP contribution in [0, 0.1) is 0 Å². The van der Waals surface area contributed by atoms with Crippen molar-refractivity contribution in [1.82, 2.24) is 15.5 Å². The Morgan fingerprint density at radius 2 is 2.17 bits per heavy atom. The Morgan fingerprint density at radius 1 is 1.42 bits per heavy atom. The summed E-state index contributed by atoms with van der Waals surface area (Å²) in [7, 11) is 0. The molecular formula is C7H13N3OS. The second-order valence-electron chi connectivity index (χ2n) is 2.30. The van der Waals surface area contributed by atoms with Crippen molar-refractivity contribution in [3.8, 4) is 0 Å². The molecule has 1 aromatic rings. The van der Waals surface area contributed by atoms with E-state index < -0.39 is 0 Å². The number of aromatic nitrogens is 2. The van der Waals surface area contributed by atoms with E-state index in [0.717, 1.165) is 12.3 Å². The van der Waals surface area contributed by atoms with E-state index in [-0.39, 0.29) is 0 Å². The van der Waals surface area contributed by atoms with E-state index >= 15 is 0 Å². The highest BCUT2D eigenvalue weighted by Crippen LogP contribution is 2.06. The summed E-state index contributed by atoms with van der Waals surface area (Å²) in [5, 5.41) is 10.9. The van der Waals surface area contributed by atoms with Crippen molar-refractivity contribution in [1.29, 1.82) is 0 Å². The first-order chi connectivity index (χ1) is 5.86. The number of rotatable bonds is 5. The second kappa shape index (κ2) is 5.16. The third-order valence-corrected chi connectivity index (χ3v) is 1.84. The fourth-order valence-corrected chi connectivity index (χ4v) is 1.14. The number of hydrogen-bond acceptors (Lipinski definition) is 5. The van der Waals surface area contributed by atoms with Crippen LogP contribution in [0.2, 0.25) is 0 Å². The minimum atomic E-state index is 0.665. The maximum Gasteiger partial charge on any atom is 0.230 e. The highest BCUT2D eigenvalue weighted by atomic mass is 32.2. The number of hydrogen-bond donors (Lipinski definition) is 1. The molecule has 1 heterocycles. The monoisotopic (exact) mass is 187 g/mol. The van der Waals surface area contributed by atoms with E-state index in [0.29, 0.717) is 18.3 Å². The number of thioether (sulfide) groups is 1. The molecule has 68 valence electrons. The zero-order valence-corrected chi connectivity index (χ0v) is 8.15. The minimum Gasteiger partial charge on any atom is -0.423 e. The first-order valence-corrected chi connectivity index (χ1v) is 5.27. The smallest absolute Gasteiger partial charge is 0.230 e. The van der Waals surface area contributed by atoms with Gasteiger partial charge < -0.3 is 9.73 Å². The maximum absolute atomic E-state index is 5.32. The van der Waals surface area contributed by atoms with Gasteiger partial charge in [0.1, 0.15) is 0 Å². The molecule has 1 rings (SSSR count). The second-order valence-corrected chi connectivity index (χ2v) is 3.17. The van der Waals surface area contributed by atoms with E-state index in [9.17, 15) is 0 Å². The van der Waals surface area contributed by atoms with Gasteiger partial charge in [-0.1, -0.05) is 6.92 Å². The van der Waals surface area contributed by atoms with Gasteiger partial charge in [-0.25, -0.2) is 0 Å². The van der Waals surface area contributed by atoms with E-state index in [2.05, 4.69) is 15.5 Å². The van der Waals surface area contributed by atoms with E-state index in [1.807, 2.05) is 13.2 Å². The molecule has 0 aliphatic carbocycles. The van der Waals surface area contributed by atoms with Crippen LogP contribution in [0.3, 0.4) is 0 Å². The van der Waals surface area contributed by atoms with Gasteiger partial charge in [-0.15, -0.1) is 10.2 Å². The Balaban J connectivity index is 2.41. The quantitative estimate of drug-likeness (QED) is 0.746. The molecule has 0 unspecified atom stereocenters. The molecule has 0 fully saturated rings. The first kappa shape index (κ1) is 9.54. The first-order valence-electron chi connectivity index (χ1n) is 3.87. The van der Waals surface area contributed by atoms with Crippen LogP contribution in [0.4, 0.5) is 0 Å². The standard InChI is InChI=1S/C7H13N3OS/c1-3-8-4-6-9-10-7(11-6)5-12-2/h8H,3-5H2,1-2H3. The molecule has 0 saturated heterocycles. The van der Waals surface area contributed by atoms with Crippen molar-refractivity contribution in [3.63, 3.8) is 0 Å². The van der Waals surface area contributed by atoms with Gasteiger partial charge in [0.15, 0.2) is 0 Å². The van der Waals surface area contributed by atoms with Gasteiger partial charge in [0.2, 0.25) is 11.8 Å². The van der Waals surface area contributed by atoms with E-state index in [4.69, 9.17) is 4.42 Å². The minimum absolute atomic E-state index is 0.665. The van der Waals surface area contributed by atoms with Crippen LogP contribution in [-0.4, -0.2) is 23.0 Å². The highest BCUT2D eigenvalue weighted by Gasteiger charge is 2.03. The average Bonchev–Trinajstić information content (AvgIpc) is 2.50. The Hall–Kier alpha value is -0.550. The average molecular weight is 187 g/mol. The molecule has 0 bridgehead atoms. The van der Waals surface area contributed by atoms with Crippen molar-refractivity contribution >= 4 is 11.8 Å². The molecule has 0 atom stereocenters. The summed E-state index contributed by atoms with van der Waals surface area (Å²) in [6.45, 7) is 3.62. The van der Waals surface area contributed by atoms with Crippen LogP contribution in [0.1, 0.15) is 18.7 Å². The van der Waals surface area contributed by atoms with Crippen molar-refractivity contribution in [2.45, 2.75) is 19.2 Å². The van der Waals surface area contributed by atoms with E-state index in [1.165, 1.54) is 0 Å². The lowest BCUT2D eigenvalue weighted by molar-refractivity contribution is 0.448. The van der Waals surface area contributed by atoms with Crippen LogP contribution in [0.25, 0.3) is 0 Å².